The zero-order valence-electron chi connectivity index (χ0n) is 7.86. The molecule has 3 nitrogen and oxygen atoms in total. The minimum Gasteiger partial charge on any atom is -0.456 e. The van der Waals surface area contributed by atoms with E-state index in [1.807, 2.05) is 0 Å². The molecule has 0 aliphatic heterocycles. The van der Waals surface area contributed by atoms with E-state index in [1.54, 1.807) is 0 Å². The van der Waals surface area contributed by atoms with Gasteiger partial charge in [0.05, 0.1) is 0 Å². The van der Waals surface area contributed by atoms with Crippen LogP contribution in [0.1, 0.15) is 0 Å². The summed E-state index contributed by atoms with van der Waals surface area (Å²) in [4.78, 5) is 11.8. The molecule has 0 bridgehead atoms. The van der Waals surface area contributed by atoms with Crippen molar-refractivity contribution in [1.82, 2.24) is 0 Å². The molecular weight excluding hydrogens is 265 g/mol. The van der Waals surface area contributed by atoms with Crippen LogP contribution in [0.25, 0.3) is 0 Å². The van der Waals surface area contributed by atoms with Crippen molar-refractivity contribution >= 4 is 5.97 Å². The molecule has 0 radical (unpaired) electrons. The molecule has 0 aromatic carbocycles. The Morgan fingerprint density at radius 3 is 2.00 bits per heavy atom. The molecule has 0 saturated heterocycles. The lowest BCUT2D eigenvalue weighted by atomic mass is 10.1. The summed E-state index contributed by atoms with van der Waals surface area (Å²) in [5.41, 5.74) is 0. The zero-order valence-corrected chi connectivity index (χ0v) is 7.86. The molecule has 0 rings (SSSR count). The predicted octanol–water partition coefficient (Wildman–Crippen LogP) is 2.48. The number of halogens is 7. The maximum atomic E-state index is 12.6. The van der Waals surface area contributed by atoms with Gasteiger partial charge in [-0.15, -0.1) is 4.94 Å². The van der Waals surface area contributed by atoms with Crippen LogP contribution in [0.5, 0.6) is 0 Å². The van der Waals surface area contributed by atoms with Crippen molar-refractivity contribution in [3.63, 3.8) is 0 Å². The van der Waals surface area contributed by atoms with Crippen molar-refractivity contribution in [2.24, 2.45) is 0 Å². The summed E-state index contributed by atoms with van der Waals surface area (Å²) in [5, 5.41) is 0. The predicted molar refractivity (Wildman–Crippen MR) is 38.2 cm³/mol. The Labute approximate surface area is 89.7 Å². The normalized spacial score (nSPS) is 13.4. The first-order chi connectivity index (χ1) is 7.52. The van der Waals surface area contributed by atoms with Gasteiger partial charge in [0.15, 0.2) is 6.61 Å². The molecule has 0 heterocycles. The van der Waals surface area contributed by atoms with Crippen LogP contribution in [0.15, 0.2) is 12.7 Å². The van der Waals surface area contributed by atoms with Gasteiger partial charge in [-0.1, -0.05) is 6.58 Å². The van der Waals surface area contributed by atoms with Gasteiger partial charge in [-0.2, -0.15) is 26.3 Å². The van der Waals surface area contributed by atoms with Crippen LogP contribution in [0.4, 0.5) is 30.9 Å². The average molecular weight is 270 g/mol. The summed E-state index contributed by atoms with van der Waals surface area (Å²) in [6.45, 7) is 0.363. The summed E-state index contributed by atoms with van der Waals surface area (Å²) in [5.74, 6) is -13.3. The fraction of sp³-hybridized carbons (Fsp3) is 0.571. The van der Waals surface area contributed by atoms with E-state index in [0.717, 1.165) is 0 Å². The van der Waals surface area contributed by atoms with E-state index in [0.29, 0.717) is 6.08 Å². The maximum absolute atomic E-state index is 12.6. The van der Waals surface area contributed by atoms with Crippen LogP contribution in [-0.2, 0) is 14.5 Å². The minimum atomic E-state index is -6.20. The van der Waals surface area contributed by atoms with Crippen molar-refractivity contribution in [3.05, 3.63) is 12.7 Å². The summed E-state index contributed by atoms with van der Waals surface area (Å²) in [7, 11) is 0. The van der Waals surface area contributed by atoms with E-state index < -0.39 is 30.5 Å². The minimum absolute atomic E-state index is 0.345. The molecule has 0 atom stereocenters. The molecule has 0 aromatic heterocycles. The number of alkyl halides is 6. The Hall–Kier alpha value is -1.32. The first-order valence-corrected chi connectivity index (χ1v) is 3.74. The molecule has 0 aliphatic rings. The SMILES string of the molecule is C=CC(=O)OCC(F)(F)C(F)(F)C(F)(F)OF. The Balaban J connectivity index is 4.90. The van der Waals surface area contributed by atoms with Gasteiger partial charge in [0.2, 0.25) is 0 Å². The molecule has 100 valence electrons. The first-order valence-electron chi connectivity index (χ1n) is 3.74. The van der Waals surface area contributed by atoms with Crippen LogP contribution >= 0.6 is 0 Å². The van der Waals surface area contributed by atoms with Gasteiger partial charge >= 0.3 is 23.9 Å². The second-order valence-corrected chi connectivity index (χ2v) is 2.68. The largest absolute Gasteiger partial charge is 0.456 e. The van der Waals surface area contributed by atoms with E-state index in [1.165, 1.54) is 4.94 Å². The van der Waals surface area contributed by atoms with E-state index >= 15 is 0 Å². The summed E-state index contributed by atoms with van der Waals surface area (Å²) in [6.07, 6.45) is -5.71. The van der Waals surface area contributed by atoms with Crippen molar-refractivity contribution in [2.45, 2.75) is 18.0 Å². The third-order valence-corrected chi connectivity index (χ3v) is 1.48. The Kier molecular flexibility index (Phi) is 4.52. The van der Waals surface area contributed by atoms with Crippen molar-refractivity contribution in [1.29, 1.82) is 0 Å². The van der Waals surface area contributed by atoms with Gasteiger partial charge in [-0.3, -0.25) is 0 Å². The Morgan fingerprint density at radius 2 is 1.65 bits per heavy atom. The van der Waals surface area contributed by atoms with Gasteiger partial charge in [0.1, 0.15) is 0 Å². The van der Waals surface area contributed by atoms with Crippen LogP contribution < -0.4 is 0 Å². The molecule has 0 unspecified atom stereocenters. The molecular formula is C7H5F7O3. The summed E-state index contributed by atoms with van der Waals surface area (Å²) < 4.78 is 88.7. The van der Waals surface area contributed by atoms with Gasteiger partial charge in [0, 0.05) is 6.08 Å². The van der Waals surface area contributed by atoms with Crippen molar-refractivity contribution in [3.8, 4) is 0 Å². The highest BCUT2D eigenvalue weighted by molar-refractivity contribution is 5.81. The average Bonchev–Trinajstić information content (AvgIpc) is 2.25. The third-order valence-electron chi connectivity index (χ3n) is 1.48. The Bertz CT molecular complexity index is 302. The quantitative estimate of drug-likeness (QED) is 0.422. The van der Waals surface area contributed by atoms with E-state index in [4.69, 9.17) is 0 Å². The highest BCUT2D eigenvalue weighted by Gasteiger charge is 2.74. The zero-order chi connectivity index (χ0) is 13.9. The van der Waals surface area contributed by atoms with Crippen LogP contribution in [0, 0.1) is 0 Å². The maximum Gasteiger partial charge on any atom is 0.455 e. The topological polar surface area (TPSA) is 35.5 Å². The highest BCUT2D eigenvalue weighted by atomic mass is 19.4. The Morgan fingerprint density at radius 1 is 1.18 bits per heavy atom. The molecule has 17 heavy (non-hydrogen) atoms. The second-order valence-electron chi connectivity index (χ2n) is 2.68. The molecule has 0 saturated carbocycles. The number of hydrogen-bond donors (Lipinski definition) is 0. The van der Waals surface area contributed by atoms with Crippen molar-refractivity contribution in [2.75, 3.05) is 6.61 Å². The first kappa shape index (κ1) is 15.7. The number of carbonyl (C=O) groups excluding carboxylic acids is 1. The molecule has 10 heteroatoms. The standard InChI is InChI=1S/C7H5F7O3/c1-2-4(15)16-3-5(8,9)6(10,11)7(12,13)17-14/h2H,1,3H2. The second kappa shape index (κ2) is 4.90. The molecule has 0 amide bonds. The lowest BCUT2D eigenvalue weighted by Crippen LogP contribution is -2.56. The molecule has 0 spiro atoms. The van der Waals surface area contributed by atoms with Gasteiger partial charge < -0.3 is 4.74 Å². The summed E-state index contributed by atoms with van der Waals surface area (Å²) in [6, 6.07) is 0. The number of esters is 1. The van der Waals surface area contributed by atoms with E-state index in [9.17, 15) is 35.7 Å². The van der Waals surface area contributed by atoms with Crippen LogP contribution in [0.2, 0.25) is 0 Å². The molecule has 0 N–H and O–H groups in total. The van der Waals surface area contributed by atoms with Gasteiger partial charge in [-0.25, -0.2) is 4.79 Å². The third kappa shape index (κ3) is 3.08. The summed E-state index contributed by atoms with van der Waals surface area (Å²) >= 11 is 0. The molecule has 0 aliphatic carbocycles. The van der Waals surface area contributed by atoms with Crippen LogP contribution in [-0.4, -0.2) is 30.5 Å². The monoisotopic (exact) mass is 270 g/mol. The van der Waals surface area contributed by atoms with E-state index in [2.05, 4.69) is 11.3 Å². The van der Waals surface area contributed by atoms with E-state index in [-0.39, 0.29) is 0 Å². The number of hydrogen-bond acceptors (Lipinski definition) is 3. The number of rotatable bonds is 6. The smallest absolute Gasteiger partial charge is 0.455 e. The number of carbonyl (C=O) groups is 1. The lowest BCUT2D eigenvalue weighted by molar-refractivity contribution is -0.456. The highest BCUT2D eigenvalue weighted by Crippen LogP contribution is 2.46. The fourth-order valence-electron chi connectivity index (χ4n) is 0.573. The molecule has 0 aromatic rings. The molecule has 0 fully saturated rings. The number of ether oxygens (including phenoxy) is 1. The van der Waals surface area contributed by atoms with Crippen LogP contribution in [0.3, 0.4) is 0 Å². The lowest BCUT2D eigenvalue weighted by Gasteiger charge is -2.29. The van der Waals surface area contributed by atoms with Gasteiger partial charge in [-0.05, 0) is 4.53 Å². The van der Waals surface area contributed by atoms with Crippen molar-refractivity contribution < 1.29 is 45.3 Å². The fourth-order valence-corrected chi connectivity index (χ4v) is 0.573. The van der Waals surface area contributed by atoms with Gasteiger partial charge in [0.25, 0.3) is 0 Å².